The molecule has 0 aliphatic carbocycles. The highest BCUT2D eigenvalue weighted by Gasteiger charge is 2.23. The minimum Gasteiger partial charge on any atom is -0.481 e. The second kappa shape index (κ2) is 43.8. The molecule has 0 bridgehead atoms. The fourth-order valence-corrected chi connectivity index (χ4v) is 0.932. The lowest BCUT2D eigenvalue weighted by molar-refractivity contribution is -0.135. The minimum atomic E-state index is -1.47. The van der Waals surface area contributed by atoms with Crippen LogP contribution in [-0.4, -0.2) is 133 Å². The van der Waals surface area contributed by atoms with Crippen LogP contribution in [0, 0.1) is 0 Å². The number of carbonyl (C=O) groups is 6. The van der Waals surface area contributed by atoms with Crippen molar-refractivity contribution in [3.05, 3.63) is 0 Å². The average molecular weight is 568 g/mol. The zero-order valence-electron chi connectivity index (χ0n) is 22.2. The second-order valence-corrected chi connectivity index (χ2v) is 6.13. The van der Waals surface area contributed by atoms with Gasteiger partial charge in [-0.3, -0.25) is 24.0 Å². The molecule has 0 spiro atoms. The number of aldehydes is 1. The first-order valence-corrected chi connectivity index (χ1v) is 10.4. The number of rotatable bonds is 9. The van der Waals surface area contributed by atoms with Gasteiger partial charge in [0.15, 0.2) is 0 Å². The first-order chi connectivity index (χ1) is 17.2. The fourth-order valence-electron chi connectivity index (χ4n) is 0.932. The molecular weight excluding hydrogens is 522 g/mol. The summed E-state index contributed by atoms with van der Waals surface area (Å²) >= 11 is 0. The van der Waals surface area contributed by atoms with E-state index in [0.717, 1.165) is 47.7 Å². The van der Waals surface area contributed by atoms with E-state index in [1.165, 1.54) is 0 Å². The van der Waals surface area contributed by atoms with Crippen molar-refractivity contribution < 1.29 is 74.7 Å². The number of hydrogen-bond acceptors (Lipinski definition) is 13. The van der Waals surface area contributed by atoms with Crippen molar-refractivity contribution in [1.82, 2.24) is 5.32 Å². The number of aliphatic carboxylic acids is 5. The van der Waals surface area contributed by atoms with E-state index < -0.39 is 54.8 Å². The molecule has 3 atom stereocenters. The lowest BCUT2D eigenvalue weighted by atomic mass is 10.1. The molecule has 0 aromatic carbocycles. The molecule has 38 heavy (non-hydrogen) atoms. The lowest BCUT2D eigenvalue weighted by Gasteiger charge is -2.19. The summed E-state index contributed by atoms with van der Waals surface area (Å²) in [5, 5.41) is 74.9. The van der Waals surface area contributed by atoms with Gasteiger partial charge in [0, 0.05) is 67.2 Å². The molecular formula is C20H45N3O15. The van der Waals surface area contributed by atoms with Crippen molar-refractivity contribution in [3.8, 4) is 0 Å². The van der Waals surface area contributed by atoms with Crippen LogP contribution in [0.3, 0.4) is 0 Å². The van der Waals surface area contributed by atoms with Crippen LogP contribution in [-0.2, 0) is 28.8 Å². The highest BCUT2D eigenvalue weighted by atomic mass is 16.4. The molecule has 0 heterocycles. The second-order valence-electron chi connectivity index (χ2n) is 6.13. The highest BCUT2D eigenvalue weighted by Crippen LogP contribution is 2.01. The Hall–Kier alpha value is -3.26. The monoisotopic (exact) mass is 567 g/mol. The molecule has 0 aromatic rings. The summed E-state index contributed by atoms with van der Waals surface area (Å²) < 4.78 is 0. The third-order valence-corrected chi connectivity index (χ3v) is 1.96. The first-order valence-electron chi connectivity index (χ1n) is 10.4. The maximum Gasteiger partial charge on any atom is 0.300 e. The Morgan fingerprint density at radius 3 is 1.05 bits per heavy atom. The van der Waals surface area contributed by atoms with Crippen LogP contribution in [0.4, 0.5) is 0 Å². The normalized spacial score (nSPS) is 10.5. The van der Waals surface area contributed by atoms with Crippen molar-refractivity contribution in [2.75, 3.05) is 32.8 Å². The largest absolute Gasteiger partial charge is 0.481 e. The molecule has 0 unspecified atom stereocenters. The van der Waals surface area contributed by atoms with Crippen LogP contribution in [0.25, 0.3) is 0 Å². The Labute approximate surface area is 220 Å². The quantitative estimate of drug-likeness (QED) is 0.0953. The van der Waals surface area contributed by atoms with Gasteiger partial charge in [-0.15, -0.1) is 0 Å². The number of carboxylic acid groups (broad SMARTS) is 5. The van der Waals surface area contributed by atoms with Gasteiger partial charge >= 0.3 is 0 Å². The number of nitrogens with two attached hydrogens (primary N) is 2. The number of aliphatic hydroxyl groups is 4. The van der Waals surface area contributed by atoms with Gasteiger partial charge in [0.05, 0.1) is 12.7 Å². The lowest BCUT2D eigenvalue weighted by Crippen LogP contribution is -2.39. The maximum absolute atomic E-state index is 9.82. The van der Waals surface area contributed by atoms with Crippen LogP contribution >= 0.6 is 0 Å². The van der Waals surface area contributed by atoms with Gasteiger partial charge in [-0.1, -0.05) is 0 Å². The van der Waals surface area contributed by atoms with Gasteiger partial charge in [0.25, 0.3) is 29.8 Å². The van der Waals surface area contributed by atoms with Crippen LogP contribution < -0.4 is 16.8 Å². The molecule has 0 aliphatic heterocycles. The van der Waals surface area contributed by atoms with Gasteiger partial charge in [0.2, 0.25) is 0 Å². The average Bonchev–Trinajstić information content (AvgIpc) is 2.71. The van der Waals surface area contributed by atoms with E-state index in [2.05, 4.69) is 5.32 Å². The number of aliphatic hydroxyl groups excluding tert-OH is 4. The Bertz CT molecular complexity index is 484. The molecule has 0 saturated carbocycles. The molecule has 0 aromatic heterocycles. The van der Waals surface area contributed by atoms with Crippen LogP contribution in [0.2, 0.25) is 0 Å². The summed E-state index contributed by atoms with van der Waals surface area (Å²) in [7, 11) is 0. The van der Waals surface area contributed by atoms with Gasteiger partial charge in [-0.2, -0.15) is 0 Å². The van der Waals surface area contributed by atoms with Gasteiger partial charge in [0.1, 0.15) is 18.5 Å². The fraction of sp³-hybridized carbons (Fsp3) is 0.700. The molecule has 0 aliphatic rings. The number of hydrogen-bond donors (Lipinski definition) is 12. The standard InChI is InChI=1S/C6H12O5.C4H13N3.5C2H4O2/c7-2-1-4(9)6(11)5(10)3-8;5-1-3-7-4-2-6;5*1-2(3)4/h2,4-6,8-11H,1,3H2;7H,1-6H2;5*1H3,(H,3,4)/t4-,5-,6+;;;;;;/m1....../s1. The van der Waals surface area contributed by atoms with Gasteiger partial charge in [-0.05, 0) is 0 Å². The summed E-state index contributed by atoms with van der Waals surface area (Å²) in [6.07, 6.45) is -4.00. The zero-order chi connectivity index (χ0) is 32.3. The van der Waals surface area contributed by atoms with Crippen molar-refractivity contribution in [3.63, 3.8) is 0 Å². The third kappa shape index (κ3) is 175. The van der Waals surface area contributed by atoms with E-state index >= 15 is 0 Å². The molecule has 0 rings (SSSR count). The smallest absolute Gasteiger partial charge is 0.300 e. The van der Waals surface area contributed by atoms with Gasteiger partial charge in [-0.25, -0.2) is 0 Å². The van der Waals surface area contributed by atoms with E-state index in [9.17, 15) is 4.79 Å². The summed E-state index contributed by atoms with van der Waals surface area (Å²) in [4.78, 5) is 54.8. The SMILES string of the molecule is CC(=O)O.CC(=O)O.CC(=O)O.CC(=O)O.CC(=O)O.NCCNCCN.O=CC[C@@H](O)[C@H](O)[C@H](O)CO. The van der Waals surface area contributed by atoms with Gasteiger partial charge < -0.3 is 67.5 Å². The van der Waals surface area contributed by atoms with E-state index in [1.807, 2.05) is 0 Å². The topological polar surface area (TPSA) is 349 Å². The van der Waals surface area contributed by atoms with Crippen molar-refractivity contribution >= 4 is 36.1 Å². The zero-order valence-corrected chi connectivity index (χ0v) is 22.2. The molecule has 0 radical (unpaired) electrons. The molecule has 0 fully saturated rings. The number of carbonyl (C=O) groups excluding carboxylic acids is 1. The molecule has 230 valence electrons. The molecule has 18 heteroatoms. The first kappa shape index (κ1) is 51.4. The van der Waals surface area contributed by atoms with E-state index in [0.29, 0.717) is 19.4 Å². The molecule has 18 nitrogen and oxygen atoms in total. The van der Waals surface area contributed by atoms with E-state index in [4.69, 9.17) is 81.4 Å². The van der Waals surface area contributed by atoms with E-state index in [1.54, 1.807) is 0 Å². The Morgan fingerprint density at radius 1 is 0.658 bits per heavy atom. The van der Waals surface area contributed by atoms with Crippen LogP contribution in [0.5, 0.6) is 0 Å². The van der Waals surface area contributed by atoms with E-state index in [-0.39, 0.29) is 6.42 Å². The molecule has 0 saturated heterocycles. The number of nitrogens with one attached hydrogen (secondary N) is 1. The predicted octanol–water partition coefficient (Wildman–Crippen LogP) is -3.40. The number of carboxylic acids is 5. The third-order valence-electron chi connectivity index (χ3n) is 1.96. The van der Waals surface area contributed by atoms with Crippen molar-refractivity contribution in [1.29, 1.82) is 0 Å². The Kier molecular flexibility index (Phi) is 59.2. The Balaban J connectivity index is -0.0000000623. The minimum absolute atomic E-state index is 0.252. The Morgan fingerprint density at radius 2 is 0.895 bits per heavy atom. The molecule has 14 N–H and O–H groups in total. The summed E-state index contributed by atoms with van der Waals surface area (Å²) in [6, 6.07) is 0. The highest BCUT2D eigenvalue weighted by molar-refractivity contribution is 5.63. The summed E-state index contributed by atoms with van der Waals surface area (Å²) in [6.45, 7) is 7.91. The molecule has 0 amide bonds. The summed E-state index contributed by atoms with van der Waals surface area (Å²) in [5.41, 5.74) is 10.3. The summed E-state index contributed by atoms with van der Waals surface area (Å²) in [5.74, 6) is -4.17. The van der Waals surface area contributed by atoms with Crippen LogP contribution in [0.15, 0.2) is 0 Å². The predicted molar refractivity (Wildman–Crippen MR) is 133 cm³/mol. The maximum atomic E-state index is 9.82. The van der Waals surface area contributed by atoms with Crippen molar-refractivity contribution in [2.45, 2.75) is 59.4 Å². The van der Waals surface area contributed by atoms with Crippen molar-refractivity contribution in [2.24, 2.45) is 11.5 Å². The van der Waals surface area contributed by atoms with Crippen LogP contribution in [0.1, 0.15) is 41.0 Å².